The highest BCUT2D eigenvalue weighted by molar-refractivity contribution is 9.10. The Kier molecular flexibility index (Phi) is 3.20. The van der Waals surface area contributed by atoms with E-state index >= 15 is 0 Å². The number of aromatic nitrogens is 2. The third-order valence-corrected chi connectivity index (χ3v) is 4.07. The number of benzene rings is 1. The third kappa shape index (κ3) is 2.21. The minimum absolute atomic E-state index is 0.471. The second kappa shape index (κ2) is 4.84. The van der Waals surface area contributed by atoms with Crippen LogP contribution in [0.25, 0.3) is 11.5 Å². The van der Waals surface area contributed by atoms with Crippen LogP contribution in [0, 0.1) is 6.92 Å². The summed E-state index contributed by atoms with van der Waals surface area (Å²) in [5.41, 5.74) is 2.17. The molecule has 3 rings (SSSR count). The zero-order chi connectivity index (χ0) is 12.5. The van der Waals surface area contributed by atoms with Crippen LogP contribution in [-0.2, 0) is 0 Å². The van der Waals surface area contributed by atoms with Gasteiger partial charge in [0.15, 0.2) is 0 Å². The molecule has 0 N–H and O–H groups in total. The van der Waals surface area contributed by atoms with Crippen molar-refractivity contribution in [2.24, 2.45) is 0 Å². The van der Waals surface area contributed by atoms with Crippen molar-refractivity contribution in [1.29, 1.82) is 0 Å². The van der Waals surface area contributed by atoms with Gasteiger partial charge < -0.3 is 4.42 Å². The highest BCUT2D eigenvalue weighted by atomic mass is 79.9. The molecule has 0 aliphatic heterocycles. The molecule has 0 bridgehead atoms. The Morgan fingerprint density at radius 1 is 1.22 bits per heavy atom. The molecule has 0 saturated heterocycles. The Balaban J connectivity index is 1.94. The Morgan fingerprint density at radius 2 is 2.00 bits per heavy atom. The first kappa shape index (κ1) is 11.9. The molecule has 4 heteroatoms. The van der Waals surface area contributed by atoms with Gasteiger partial charge in [0.05, 0.1) is 0 Å². The normalized spacial score (nSPS) is 16.3. The monoisotopic (exact) mass is 306 g/mol. The molecule has 0 radical (unpaired) electrons. The molecular weight excluding hydrogens is 292 g/mol. The molecule has 1 heterocycles. The van der Waals surface area contributed by atoms with E-state index in [2.05, 4.69) is 39.1 Å². The zero-order valence-electron chi connectivity index (χ0n) is 10.3. The van der Waals surface area contributed by atoms with Gasteiger partial charge in [-0.05, 0) is 37.5 Å². The lowest BCUT2D eigenvalue weighted by Gasteiger charge is -2.02. The van der Waals surface area contributed by atoms with E-state index < -0.39 is 0 Å². The maximum Gasteiger partial charge on any atom is 0.248 e. The summed E-state index contributed by atoms with van der Waals surface area (Å²) in [4.78, 5) is 0. The van der Waals surface area contributed by atoms with Crippen LogP contribution in [0.3, 0.4) is 0 Å². The van der Waals surface area contributed by atoms with Gasteiger partial charge in [-0.2, -0.15) is 0 Å². The second-order valence-electron chi connectivity index (χ2n) is 4.89. The van der Waals surface area contributed by atoms with E-state index in [4.69, 9.17) is 4.42 Å². The number of hydrogen-bond acceptors (Lipinski definition) is 3. The van der Waals surface area contributed by atoms with Crippen LogP contribution in [-0.4, -0.2) is 10.2 Å². The predicted octanol–water partition coefficient (Wildman–Crippen LogP) is 4.47. The molecule has 94 valence electrons. The van der Waals surface area contributed by atoms with Crippen molar-refractivity contribution >= 4 is 15.9 Å². The molecule has 1 aromatic heterocycles. The van der Waals surface area contributed by atoms with Crippen LogP contribution in [0.4, 0.5) is 0 Å². The van der Waals surface area contributed by atoms with Gasteiger partial charge in [0.1, 0.15) is 0 Å². The van der Waals surface area contributed by atoms with E-state index in [1.165, 1.54) is 25.7 Å². The Hall–Kier alpha value is -1.16. The summed E-state index contributed by atoms with van der Waals surface area (Å²) in [5, 5.41) is 8.41. The van der Waals surface area contributed by atoms with Crippen LogP contribution in [0.5, 0.6) is 0 Å². The molecule has 18 heavy (non-hydrogen) atoms. The number of aryl methyl sites for hydroxylation is 1. The van der Waals surface area contributed by atoms with Gasteiger partial charge >= 0.3 is 0 Å². The van der Waals surface area contributed by atoms with Crippen molar-refractivity contribution in [3.63, 3.8) is 0 Å². The quantitative estimate of drug-likeness (QED) is 0.822. The van der Waals surface area contributed by atoms with Gasteiger partial charge in [0, 0.05) is 16.0 Å². The SMILES string of the molecule is Cc1ccc(Br)cc1-c1nnc(C2CCCC2)o1. The van der Waals surface area contributed by atoms with E-state index in [1.54, 1.807) is 0 Å². The molecule has 0 unspecified atom stereocenters. The van der Waals surface area contributed by atoms with Gasteiger partial charge in [0.25, 0.3) is 0 Å². The van der Waals surface area contributed by atoms with Crippen molar-refractivity contribution < 1.29 is 4.42 Å². The maximum absolute atomic E-state index is 5.85. The van der Waals surface area contributed by atoms with Gasteiger partial charge in [-0.25, -0.2) is 0 Å². The molecule has 1 saturated carbocycles. The van der Waals surface area contributed by atoms with Gasteiger partial charge in [-0.1, -0.05) is 34.8 Å². The predicted molar refractivity (Wildman–Crippen MR) is 73.4 cm³/mol. The van der Waals surface area contributed by atoms with Crippen LogP contribution in [0.2, 0.25) is 0 Å². The van der Waals surface area contributed by atoms with Gasteiger partial charge in [-0.15, -0.1) is 10.2 Å². The zero-order valence-corrected chi connectivity index (χ0v) is 11.9. The molecule has 0 spiro atoms. The average molecular weight is 307 g/mol. The number of halogens is 1. The summed E-state index contributed by atoms with van der Waals surface area (Å²) in [7, 11) is 0. The fourth-order valence-electron chi connectivity index (χ4n) is 2.51. The van der Waals surface area contributed by atoms with E-state index in [0.29, 0.717) is 11.8 Å². The Labute approximate surface area is 115 Å². The molecule has 1 aromatic carbocycles. The maximum atomic E-state index is 5.85. The van der Waals surface area contributed by atoms with E-state index in [9.17, 15) is 0 Å². The summed E-state index contributed by atoms with van der Waals surface area (Å²) in [6, 6.07) is 6.10. The summed E-state index contributed by atoms with van der Waals surface area (Å²) >= 11 is 3.48. The van der Waals surface area contributed by atoms with E-state index in [1.807, 2.05) is 12.1 Å². The molecule has 1 aliphatic rings. The van der Waals surface area contributed by atoms with Crippen LogP contribution < -0.4 is 0 Å². The lowest BCUT2D eigenvalue weighted by atomic mass is 10.1. The first-order chi connectivity index (χ1) is 8.74. The smallest absolute Gasteiger partial charge is 0.248 e. The van der Waals surface area contributed by atoms with Crippen LogP contribution in [0.15, 0.2) is 27.1 Å². The Morgan fingerprint density at radius 3 is 2.78 bits per heavy atom. The molecule has 1 aliphatic carbocycles. The molecule has 0 amide bonds. The lowest BCUT2D eigenvalue weighted by Crippen LogP contribution is -1.91. The van der Waals surface area contributed by atoms with E-state index in [-0.39, 0.29) is 0 Å². The van der Waals surface area contributed by atoms with Crippen molar-refractivity contribution in [3.8, 4) is 11.5 Å². The van der Waals surface area contributed by atoms with Gasteiger partial charge in [-0.3, -0.25) is 0 Å². The highest BCUT2D eigenvalue weighted by Crippen LogP contribution is 2.35. The molecule has 2 aromatic rings. The fourth-order valence-corrected chi connectivity index (χ4v) is 2.87. The third-order valence-electron chi connectivity index (χ3n) is 3.58. The summed E-state index contributed by atoms with van der Waals surface area (Å²) in [5.74, 6) is 1.91. The number of hydrogen-bond donors (Lipinski definition) is 0. The Bertz CT molecular complexity index is 559. The average Bonchev–Trinajstić information content (AvgIpc) is 3.00. The summed E-state index contributed by atoms with van der Waals surface area (Å²) < 4.78 is 6.88. The second-order valence-corrected chi connectivity index (χ2v) is 5.80. The molecule has 0 atom stereocenters. The topological polar surface area (TPSA) is 38.9 Å². The molecule has 1 fully saturated rings. The minimum atomic E-state index is 0.471. The number of nitrogens with zero attached hydrogens (tertiary/aromatic N) is 2. The largest absolute Gasteiger partial charge is 0.420 e. The molecule has 3 nitrogen and oxygen atoms in total. The highest BCUT2D eigenvalue weighted by Gasteiger charge is 2.23. The van der Waals surface area contributed by atoms with Crippen LogP contribution >= 0.6 is 15.9 Å². The van der Waals surface area contributed by atoms with Crippen molar-refractivity contribution in [1.82, 2.24) is 10.2 Å². The molecular formula is C14H15BrN2O. The summed E-state index contributed by atoms with van der Waals surface area (Å²) in [6.45, 7) is 2.06. The van der Waals surface area contributed by atoms with Crippen LogP contribution in [0.1, 0.15) is 43.1 Å². The first-order valence-electron chi connectivity index (χ1n) is 6.34. The van der Waals surface area contributed by atoms with Gasteiger partial charge in [0.2, 0.25) is 11.8 Å². The first-order valence-corrected chi connectivity index (χ1v) is 7.13. The minimum Gasteiger partial charge on any atom is -0.420 e. The van der Waals surface area contributed by atoms with Crippen molar-refractivity contribution in [3.05, 3.63) is 34.1 Å². The van der Waals surface area contributed by atoms with E-state index in [0.717, 1.165) is 21.5 Å². The lowest BCUT2D eigenvalue weighted by molar-refractivity contribution is 0.457. The number of rotatable bonds is 2. The summed E-state index contributed by atoms with van der Waals surface area (Å²) in [6.07, 6.45) is 4.91. The van der Waals surface area contributed by atoms with Crippen molar-refractivity contribution in [2.45, 2.75) is 38.5 Å². The van der Waals surface area contributed by atoms with Crippen molar-refractivity contribution in [2.75, 3.05) is 0 Å². The fraction of sp³-hybridized carbons (Fsp3) is 0.429. The standard InChI is InChI=1S/C14H15BrN2O/c1-9-6-7-11(15)8-12(9)14-17-16-13(18-14)10-4-2-3-5-10/h6-8,10H,2-5H2,1H3.